The molecule has 0 saturated carbocycles. The number of aliphatic imine (C=N–C) groups is 1. The summed E-state index contributed by atoms with van der Waals surface area (Å²) >= 11 is 0. The lowest BCUT2D eigenvalue weighted by Gasteiger charge is -2.00. The standard InChI is InChI=1S/C4H4NO2/c6-3-1-2-4(7)5-3/h1-3,6H/q-1. The van der Waals surface area contributed by atoms with Gasteiger partial charge in [-0.3, -0.25) is 16.5 Å². The number of hydrogen-bond acceptors (Lipinski definition) is 2. The molecule has 1 aliphatic rings. The number of rotatable bonds is 0. The third kappa shape index (κ3) is 0.899. The Labute approximate surface area is 41.3 Å². The molecule has 1 atom stereocenters. The average Bonchev–Trinajstić information content (AvgIpc) is 1.87. The summed E-state index contributed by atoms with van der Waals surface area (Å²) in [7, 11) is 0. The molecule has 0 aromatic rings. The van der Waals surface area contributed by atoms with Gasteiger partial charge in [0.2, 0.25) is 5.90 Å². The van der Waals surface area contributed by atoms with Crippen LogP contribution in [0.2, 0.25) is 0 Å². The Hall–Kier alpha value is -0.570. The van der Waals surface area contributed by atoms with Crippen LogP contribution < -0.4 is 0 Å². The van der Waals surface area contributed by atoms with Crippen molar-refractivity contribution in [2.45, 2.75) is 6.23 Å². The number of nitrogens with zero attached hydrogens (tertiary/aromatic N) is 1. The molecular weight excluding hydrogens is 94.0 g/mol. The van der Waals surface area contributed by atoms with Gasteiger partial charge in [0.1, 0.15) is 0 Å². The van der Waals surface area contributed by atoms with Gasteiger partial charge in [-0.15, -0.1) is 0 Å². The van der Waals surface area contributed by atoms with Gasteiger partial charge in [-0.1, -0.05) is 6.42 Å². The van der Waals surface area contributed by atoms with Gasteiger partial charge in [0.25, 0.3) is 0 Å². The molecule has 0 aromatic heterocycles. The second-order valence-corrected chi connectivity index (χ2v) is 1.24. The van der Waals surface area contributed by atoms with Crippen LogP contribution in [0.15, 0.2) is 4.99 Å². The number of aliphatic hydroxyl groups excluding tert-OH is 1. The van der Waals surface area contributed by atoms with Crippen molar-refractivity contribution in [3.05, 3.63) is 12.8 Å². The van der Waals surface area contributed by atoms with E-state index in [1.54, 1.807) is 0 Å². The smallest absolute Gasteiger partial charge is 0.212 e. The first-order valence-corrected chi connectivity index (χ1v) is 1.90. The SMILES string of the molecule is [O]C1=NC(O)[CH-][CH]1. The van der Waals surface area contributed by atoms with E-state index in [0.717, 1.165) is 0 Å². The van der Waals surface area contributed by atoms with E-state index < -0.39 is 6.23 Å². The fourth-order valence-corrected chi connectivity index (χ4v) is 0.385. The minimum absolute atomic E-state index is 0.354. The number of hydrogen-bond donors (Lipinski definition) is 1. The minimum Gasteiger partial charge on any atom is -0.403 e. The molecule has 0 spiro atoms. The molecule has 1 heterocycles. The van der Waals surface area contributed by atoms with Crippen LogP contribution in [0.1, 0.15) is 0 Å². The van der Waals surface area contributed by atoms with Crippen molar-refractivity contribution < 1.29 is 10.2 Å². The molecular formula is C4H4NO2-. The Bertz CT molecular complexity index is 99.9. The molecule has 7 heavy (non-hydrogen) atoms. The van der Waals surface area contributed by atoms with Crippen molar-refractivity contribution in [2.24, 2.45) is 4.99 Å². The molecule has 2 radical (unpaired) electrons. The predicted octanol–water partition coefficient (Wildman–Crippen LogP) is -0.444. The summed E-state index contributed by atoms with van der Waals surface area (Å²) in [6.07, 6.45) is 1.69. The van der Waals surface area contributed by atoms with Gasteiger partial charge >= 0.3 is 0 Å². The van der Waals surface area contributed by atoms with Gasteiger partial charge in [-0.2, -0.15) is 0 Å². The lowest BCUT2D eigenvalue weighted by Crippen LogP contribution is -1.94. The minimum atomic E-state index is -0.882. The third-order valence-corrected chi connectivity index (χ3v) is 0.670. The van der Waals surface area contributed by atoms with Crippen molar-refractivity contribution in [2.75, 3.05) is 0 Å². The fraction of sp³-hybridized carbons (Fsp3) is 0.250. The van der Waals surface area contributed by atoms with Crippen LogP contribution in [-0.4, -0.2) is 17.2 Å². The van der Waals surface area contributed by atoms with Crippen molar-refractivity contribution in [1.29, 1.82) is 0 Å². The molecule has 3 nitrogen and oxygen atoms in total. The monoisotopic (exact) mass is 98.0 g/mol. The quantitative estimate of drug-likeness (QED) is 0.410. The highest BCUT2D eigenvalue weighted by atomic mass is 16.3. The van der Waals surface area contributed by atoms with E-state index >= 15 is 0 Å². The van der Waals surface area contributed by atoms with E-state index in [1.165, 1.54) is 12.8 Å². The van der Waals surface area contributed by atoms with E-state index in [2.05, 4.69) is 4.99 Å². The van der Waals surface area contributed by atoms with Gasteiger partial charge in [0, 0.05) is 6.23 Å². The van der Waals surface area contributed by atoms with Gasteiger partial charge < -0.3 is 5.11 Å². The molecule has 3 heteroatoms. The summed E-state index contributed by atoms with van der Waals surface area (Å²) in [6.45, 7) is 0. The van der Waals surface area contributed by atoms with Gasteiger partial charge in [-0.25, -0.2) is 0 Å². The van der Waals surface area contributed by atoms with Crippen LogP contribution in [0.5, 0.6) is 0 Å². The highest BCUT2D eigenvalue weighted by molar-refractivity contribution is 5.86. The summed E-state index contributed by atoms with van der Waals surface area (Å²) in [5, 5.41) is 18.5. The molecule has 0 aliphatic carbocycles. The van der Waals surface area contributed by atoms with E-state index in [0.29, 0.717) is 0 Å². The van der Waals surface area contributed by atoms with Gasteiger partial charge in [-0.05, 0) is 0 Å². The maximum Gasteiger partial charge on any atom is 0.212 e. The molecule has 0 saturated heterocycles. The van der Waals surface area contributed by atoms with Crippen LogP contribution in [0.25, 0.3) is 0 Å². The molecule has 0 bridgehead atoms. The van der Waals surface area contributed by atoms with Crippen LogP contribution in [0.3, 0.4) is 0 Å². The van der Waals surface area contributed by atoms with E-state index in [4.69, 9.17) is 5.11 Å². The van der Waals surface area contributed by atoms with Crippen LogP contribution >= 0.6 is 0 Å². The van der Waals surface area contributed by atoms with Crippen molar-refractivity contribution in [3.8, 4) is 0 Å². The molecule has 1 N–H and O–H groups in total. The fourth-order valence-electron chi connectivity index (χ4n) is 0.385. The van der Waals surface area contributed by atoms with Crippen molar-refractivity contribution in [1.82, 2.24) is 0 Å². The highest BCUT2D eigenvalue weighted by Gasteiger charge is 2.02. The summed E-state index contributed by atoms with van der Waals surface area (Å²) in [6, 6.07) is 0. The van der Waals surface area contributed by atoms with Crippen molar-refractivity contribution in [3.63, 3.8) is 0 Å². The summed E-state index contributed by atoms with van der Waals surface area (Å²) < 4.78 is 0. The second kappa shape index (κ2) is 1.50. The first kappa shape index (κ1) is 4.59. The Kier molecular flexibility index (Phi) is 0.982. The Balaban J connectivity index is 2.50. The van der Waals surface area contributed by atoms with E-state index in [-0.39, 0.29) is 5.90 Å². The molecule has 0 fully saturated rings. The zero-order valence-electron chi connectivity index (χ0n) is 3.53. The second-order valence-electron chi connectivity index (χ2n) is 1.24. The van der Waals surface area contributed by atoms with Gasteiger partial charge in [0.15, 0.2) is 0 Å². The average molecular weight is 98.1 g/mol. The van der Waals surface area contributed by atoms with Crippen LogP contribution in [-0.2, 0) is 5.11 Å². The Morgan fingerprint density at radius 3 is 2.86 bits per heavy atom. The largest absolute Gasteiger partial charge is 0.403 e. The number of aliphatic hydroxyl groups is 1. The molecule has 38 valence electrons. The Morgan fingerprint density at radius 2 is 2.71 bits per heavy atom. The third-order valence-electron chi connectivity index (χ3n) is 0.670. The molecule has 1 aliphatic heterocycles. The summed E-state index contributed by atoms with van der Waals surface area (Å²) in [5.41, 5.74) is 0. The lowest BCUT2D eigenvalue weighted by atomic mass is 10.3. The Morgan fingerprint density at radius 1 is 2.00 bits per heavy atom. The zero-order valence-corrected chi connectivity index (χ0v) is 3.53. The zero-order chi connectivity index (χ0) is 5.28. The lowest BCUT2D eigenvalue weighted by molar-refractivity contribution is 0.224. The molecule has 0 aromatic carbocycles. The highest BCUT2D eigenvalue weighted by Crippen LogP contribution is 2.05. The van der Waals surface area contributed by atoms with E-state index in [1.807, 2.05) is 0 Å². The maximum absolute atomic E-state index is 10.0. The normalized spacial score (nSPS) is 30.4. The van der Waals surface area contributed by atoms with Crippen LogP contribution in [0.4, 0.5) is 0 Å². The van der Waals surface area contributed by atoms with Gasteiger partial charge in [0.05, 0.1) is 0 Å². The molecule has 1 unspecified atom stereocenters. The first-order chi connectivity index (χ1) is 3.29. The topological polar surface area (TPSA) is 52.5 Å². The first-order valence-electron chi connectivity index (χ1n) is 1.90. The predicted molar refractivity (Wildman–Crippen MR) is 22.7 cm³/mol. The van der Waals surface area contributed by atoms with E-state index in [9.17, 15) is 5.11 Å². The van der Waals surface area contributed by atoms with Crippen molar-refractivity contribution >= 4 is 5.90 Å². The molecule has 0 amide bonds. The maximum atomic E-state index is 10.0. The summed E-state index contributed by atoms with van der Waals surface area (Å²) in [5.74, 6) is -0.354. The summed E-state index contributed by atoms with van der Waals surface area (Å²) in [4.78, 5) is 3.19. The molecule has 1 rings (SSSR count). The van der Waals surface area contributed by atoms with Crippen LogP contribution in [0, 0.1) is 12.8 Å².